The molecular formula is C49H53N5O6. The fraction of sp³-hybridized carbons (Fsp3) is 0.367. The third-order valence-electron chi connectivity index (χ3n) is 11.6. The first-order valence-corrected chi connectivity index (χ1v) is 21.0. The van der Waals surface area contributed by atoms with Gasteiger partial charge in [-0.1, -0.05) is 113 Å². The first-order chi connectivity index (χ1) is 28.9. The lowest BCUT2D eigenvalue weighted by atomic mass is 9.75. The van der Waals surface area contributed by atoms with Gasteiger partial charge < -0.3 is 19.5 Å². The molecule has 2 heterocycles. The predicted octanol–water partition coefficient (Wildman–Crippen LogP) is 11.5. The van der Waals surface area contributed by atoms with Gasteiger partial charge in [0.05, 0.1) is 12.1 Å². The maximum Gasteiger partial charge on any atom is 0.344 e. The van der Waals surface area contributed by atoms with Gasteiger partial charge in [0.2, 0.25) is 5.88 Å². The molecule has 60 heavy (non-hydrogen) atoms. The second-order valence-corrected chi connectivity index (χ2v) is 16.5. The summed E-state index contributed by atoms with van der Waals surface area (Å²) in [7, 11) is 0. The Bertz CT molecular complexity index is 2570. The van der Waals surface area contributed by atoms with Crippen LogP contribution in [0, 0.1) is 38.2 Å². The summed E-state index contributed by atoms with van der Waals surface area (Å²) >= 11 is 0. The molecule has 1 aliphatic carbocycles. The molecule has 0 bridgehead atoms. The molecule has 1 saturated carbocycles. The zero-order valence-corrected chi connectivity index (χ0v) is 35.2. The number of carbonyl (C=O) groups excluding carboxylic acids is 3. The van der Waals surface area contributed by atoms with E-state index >= 15 is 0 Å². The summed E-state index contributed by atoms with van der Waals surface area (Å²) in [5, 5.41) is 7.76. The number of ether oxygens (including phenoxy) is 3. The smallest absolute Gasteiger partial charge is 0.344 e. The molecule has 2 N–H and O–H groups in total. The molecule has 310 valence electrons. The number of hydrogen-bond acceptors (Lipinski definition) is 7. The largest absolute Gasteiger partial charge is 0.480 e. The molecule has 3 atom stereocenters. The molecule has 4 aromatic carbocycles. The van der Waals surface area contributed by atoms with Crippen molar-refractivity contribution in [3.8, 4) is 23.0 Å². The minimum absolute atomic E-state index is 0.0784. The van der Waals surface area contributed by atoms with Crippen LogP contribution in [0.2, 0.25) is 0 Å². The average Bonchev–Trinajstić information content (AvgIpc) is 3.78. The highest BCUT2D eigenvalue weighted by Crippen LogP contribution is 2.41. The number of unbranched alkanes of at least 4 members (excludes halogenated alkanes) is 3. The number of H-pyrrole nitrogens is 1. The van der Waals surface area contributed by atoms with Crippen LogP contribution < -0.4 is 14.8 Å². The number of esters is 2. The molecule has 11 nitrogen and oxygen atoms in total. The van der Waals surface area contributed by atoms with Gasteiger partial charge in [0.1, 0.15) is 17.4 Å². The van der Waals surface area contributed by atoms with Crippen LogP contribution in [0.25, 0.3) is 32.7 Å². The van der Waals surface area contributed by atoms with E-state index < -0.39 is 18.0 Å². The van der Waals surface area contributed by atoms with E-state index in [1.807, 2.05) is 68.4 Å². The van der Waals surface area contributed by atoms with Crippen molar-refractivity contribution in [2.75, 3.05) is 5.32 Å². The van der Waals surface area contributed by atoms with Crippen LogP contribution in [0.1, 0.15) is 104 Å². The predicted molar refractivity (Wildman–Crippen MR) is 234 cm³/mol. The molecule has 0 radical (unpaired) electrons. The minimum Gasteiger partial charge on any atom is -0.480 e. The Balaban J connectivity index is 1.23. The zero-order valence-electron chi connectivity index (χ0n) is 35.2. The summed E-state index contributed by atoms with van der Waals surface area (Å²) in [5.74, 6) is -0.159. The normalized spacial score (nSPS) is 18.1. The van der Waals surface area contributed by atoms with Gasteiger partial charge in [-0.3, -0.25) is 9.89 Å². The number of aromatic nitrogens is 3. The van der Waals surface area contributed by atoms with E-state index in [9.17, 15) is 14.4 Å². The van der Waals surface area contributed by atoms with E-state index in [0.717, 1.165) is 55.0 Å². The molecule has 2 aromatic heterocycles. The van der Waals surface area contributed by atoms with Crippen LogP contribution in [0.3, 0.4) is 0 Å². The van der Waals surface area contributed by atoms with Crippen molar-refractivity contribution in [3.05, 3.63) is 119 Å². The highest BCUT2D eigenvalue weighted by Gasteiger charge is 2.37. The number of aromatic amines is 1. The number of benzene rings is 4. The van der Waals surface area contributed by atoms with Gasteiger partial charge >= 0.3 is 11.9 Å². The third-order valence-corrected chi connectivity index (χ3v) is 11.6. The first-order valence-electron chi connectivity index (χ1n) is 21.0. The van der Waals surface area contributed by atoms with Gasteiger partial charge in [0, 0.05) is 11.3 Å². The Hall–Kier alpha value is -6.41. The summed E-state index contributed by atoms with van der Waals surface area (Å²) in [5.41, 5.74) is 3.27. The molecule has 1 fully saturated rings. The Morgan fingerprint density at radius 3 is 2.42 bits per heavy atom. The maximum absolute atomic E-state index is 14.3. The van der Waals surface area contributed by atoms with Crippen LogP contribution in [-0.2, 0) is 9.53 Å². The van der Waals surface area contributed by atoms with Crippen LogP contribution in [-0.4, -0.2) is 44.7 Å². The van der Waals surface area contributed by atoms with Gasteiger partial charge in [0.25, 0.3) is 11.6 Å². The molecule has 1 amide bonds. The molecule has 6 aromatic rings. The Labute approximate surface area is 351 Å². The van der Waals surface area contributed by atoms with Crippen molar-refractivity contribution >= 4 is 45.6 Å². The van der Waals surface area contributed by atoms with Crippen LogP contribution in [0.4, 0.5) is 11.4 Å². The molecule has 7 rings (SSSR count). The first kappa shape index (κ1) is 41.7. The fourth-order valence-electron chi connectivity index (χ4n) is 8.70. The molecule has 1 aliphatic rings. The summed E-state index contributed by atoms with van der Waals surface area (Å²) in [6.07, 6.45) is 5.31. The van der Waals surface area contributed by atoms with Gasteiger partial charge in [-0.05, 0) is 97.9 Å². The number of carbonyl (C=O) groups is 3. The third kappa shape index (κ3) is 8.93. The van der Waals surface area contributed by atoms with E-state index in [1.54, 1.807) is 30.3 Å². The van der Waals surface area contributed by atoms with Gasteiger partial charge in [-0.15, -0.1) is 0 Å². The summed E-state index contributed by atoms with van der Waals surface area (Å²) in [6.45, 7) is 20.7. The lowest BCUT2D eigenvalue weighted by Gasteiger charge is -2.37. The summed E-state index contributed by atoms with van der Waals surface area (Å²) < 4.78 is 20.0. The Morgan fingerprint density at radius 1 is 0.917 bits per heavy atom. The Morgan fingerprint density at radius 2 is 1.67 bits per heavy atom. The number of rotatable bonds is 14. The van der Waals surface area contributed by atoms with Gasteiger partial charge in [-0.25, -0.2) is 23.9 Å². The van der Waals surface area contributed by atoms with Crippen LogP contribution in [0.5, 0.6) is 11.6 Å². The van der Waals surface area contributed by atoms with E-state index in [4.69, 9.17) is 25.8 Å². The monoisotopic (exact) mass is 807 g/mol. The van der Waals surface area contributed by atoms with E-state index in [0.29, 0.717) is 46.1 Å². The van der Waals surface area contributed by atoms with Crippen molar-refractivity contribution < 1.29 is 28.6 Å². The van der Waals surface area contributed by atoms with E-state index in [-0.39, 0.29) is 46.6 Å². The number of anilines is 1. The maximum atomic E-state index is 14.3. The molecule has 0 saturated heterocycles. The highest BCUT2D eigenvalue weighted by molar-refractivity contribution is 6.08. The van der Waals surface area contributed by atoms with Crippen molar-refractivity contribution in [2.45, 2.75) is 98.7 Å². The van der Waals surface area contributed by atoms with Crippen molar-refractivity contribution in [1.29, 1.82) is 0 Å². The number of nitrogens with one attached hydrogen (secondary N) is 2. The highest BCUT2D eigenvalue weighted by atomic mass is 16.6. The van der Waals surface area contributed by atoms with E-state index in [1.165, 1.54) is 4.52 Å². The lowest BCUT2D eigenvalue weighted by molar-refractivity contribution is -0.123. The molecule has 3 unspecified atom stereocenters. The topological polar surface area (TPSA) is 128 Å². The van der Waals surface area contributed by atoms with Crippen molar-refractivity contribution in [2.24, 2.45) is 17.8 Å². The summed E-state index contributed by atoms with van der Waals surface area (Å²) in [4.78, 5) is 50.6. The lowest BCUT2D eigenvalue weighted by Crippen LogP contribution is -2.37. The summed E-state index contributed by atoms with van der Waals surface area (Å²) in [6, 6.07) is 25.9. The van der Waals surface area contributed by atoms with Crippen molar-refractivity contribution in [1.82, 2.24) is 14.6 Å². The minimum atomic E-state index is -0.716. The number of hydrogen-bond donors (Lipinski definition) is 2. The van der Waals surface area contributed by atoms with E-state index in [2.05, 4.69) is 43.0 Å². The number of fused-ring (bicyclic) bond motifs is 2. The standard InChI is InChI=1S/C49H53N5O6/c1-8-9-10-11-22-40(58-39-24-23-29(2)25-31(39)4)46(55)51-36-19-14-18-35(28-36)44-52-45-41(49(57)59-43-32(5)26-30(3)27-33(43)6)42(50-7)47(54(45)53-44)60-48(56)38-21-15-17-34-16-12-13-20-37(34)38/h12-21,23-25,28,30,32-33,40,43H,8-11,22,26-27H2,1-6H3,(H,51,55)(H,52,53). The number of aryl methyl sites for hydroxylation is 2. The van der Waals surface area contributed by atoms with Gasteiger partial charge in [0.15, 0.2) is 17.6 Å². The quantitative estimate of drug-likeness (QED) is 0.0637. The second-order valence-electron chi connectivity index (χ2n) is 16.5. The SMILES string of the molecule is [C-]#[N+]c1c(C(=O)OC2C(C)CC(C)CC2C)c2nc(-c3cccc(NC(=O)C(CCCCCC)Oc4ccc(C)cc4C)c3)[nH]n2c1OC(=O)c1cccc2ccccc12. The Kier molecular flexibility index (Phi) is 12.7. The van der Waals surface area contributed by atoms with Crippen LogP contribution >= 0.6 is 0 Å². The molecule has 0 aliphatic heterocycles. The van der Waals surface area contributed by atoms with Crippen LogP contribution in [0.15, 0.2) is 84.9 Å². The molecular weight excluding hydrogens is 755 g/mol. The molecule has 0 spiro atoms. The number of nitrogens with zero attached hydrogens (tertiary/aromatic N) is 3. The van der Waals surface area contributed by atoms with Gasteiger partial charge in [-0.2, -0.15) is 0 Å². The average molecular weight is 808 g/mol. The number of amides is 1. The van der Waals surface area contributed by atoms with Crippen molar-refractivity contribution in [3.63, 3.8) is 0 Å². The zero-order chi connectivity index (χ0) is 42.5. The second kappa shape index (κ2) is 18.2. The fourth-order valence-corrected chi connectivity index (χ4v) is 8.70. The molecule has 11 heteroatoms.